The van der Waals surface area contributed by atoms with Gasteiger partial charge in [0.15, 0.2) is 15.7 Å². The molecule has 0 unspecified atom stereocenters. The first kappa shape index (κ1) is 15.6. The summed E-state index contributed by atoms with van der Waals surface area (Å²) in [6.45, 7) is 2.41. The van der Waals surface area contributed by atoms with Gasteiger partial charge in [-0.3, -0.25) is 0 Å². The number of hydrogen-bond acceptors (Lipinski definition) is 7. The van der Waals surface area contributed by atoms with Crippen molar-refractivity contribution in [2.24, 2.45) is 0 Å². The van der Waals surface area contributed by atoms with E-state index in [-0.39, 0.29) is 17.4 Å². The number of nitrogens with zero attached hydrogens (tertiary/aromatic N) is 3. The van der Waals surface area contributed by atoms with Crippen molar-refractivity contribution in [1.82, 2.24) is 10.1 Å². The fourth-order valence-electron chi connectivity index (χ4n) is 3.06. The van der Waals surface area contributed by atoms with Gasteiger partial charge in [-0.2, -0.15) is 4.98 Å². The van der Waals surface area contributed by atoms with Crippen LogP contribution < -0.4 is 4.90 Å². The highest BCUT2D eigenvalue weighted by molar-refractivity contribution is 7.91. The molecule has 3 heterocycles. The zero-order valence-corrected chi connectivity index (χ0v) is 14.0. The minimum Gasteiger partial charge on any atom is -0.381 e. The summed E-state index contributed by atoms with van der Waals surface area (Å²) in [5.74, 6) is 1.78. The molecule has 2 aliphatic heterocycles. The summed E-state index contributed by atoms with van der Waals surface area (Å²) >= 11 is 0. The van der Waals surface area contributed by atoms with Crippen molar-refractivity contribution >= 4 is 15.5 Å². The molecule has 0 bridgehead atoms. The molecule has 7 nitrogen and oxygen atoms in total. The van der Waals surface area contributed by atoms with E-state index in [4.69, 9.17) is 9.26 Å². The predicted octanol–water partition coefficient (Wildman–Crippen LogP) is 1.48. The van der Waals surface area contributed by atoms with Crippen molar-refractivity contribution in [3.63, 3.8) is 0 Å². The Morgan fingerprint density at radius 2 is 2.04 bits per heavy atom. The van der Waals surface area contributed by atoms with Crippen LogP contribution in [0.3, 0.4) is 0 Å². The number of sulfone groups is 1. The van der Waals surface area contributed by atoms with Gasteiger partial charge < -0.3 is 14.2 Å². The zero-order valence-electron chi connectivity index (χ0n) is 13.2. The molecule has 1 aromatic heterocycles. The average molecular weight is 349 g/mol. The van der Waals surface area contributed by atoms with Crippen molar-refractivity contribution in [1.29, 1.82) is 0 Å². The Morgan fingerprint density at radius 1 is 1.21 bits per heavy atom. The molecule has 0 spiro atoms. The molecule has 8 heteroatoms. The Labute approximate surface area is 140 Å². The largest absolute Gasteiger partial charge is 0.381 e. The minimum absolute atomic E-state index is 0.198. The van der Waals surface area contributed by atoms with Gasteiger partial charge in [0.05, 0.1) is 18.1 Å². The van der Waals surface area contributed by atoms with Crippen LogP contribution in [0.25, 0.3) is 11.5 Å². The van der Waals surface area contributed by atoms with E-state index in [1.54, 1.807) is 0 Å². The summed E-state index contributed by atoms with van der Waals surface area (Å²) < 4.78 is 33.9. The number of benzene rings is 1. The molecule has 0 N–H and O–H groups in total. The normalized spacial score (nSPS) is 23.5. The van der Waals surface area contributed by atoms with Crippen LogP contribution in [0.15, 0.2) is 28.8 Å². The van der Waals surface area contributed by atoms with Gasteiger partial charge in [-0.1, -0.05) is 11.2 Å². The van der Waals surface area contributed by atoms with Crippen LogP contribution in [0.5, 0.6) is 0 Å². The number of aromatic nitrogens is 2. The molecule has 2 fully saturated rings. The van der Waals surface area contributed by atoms with E-state index in [1.807, 2.05) is 24.3 Å². The van der Waals surface area contributed by atoms with Crippen LogP contribution >= 0.6 is 0 Å². The zero-order chi connectivity index (χ0) is 16.6. The number of anilines is 1. The molecule has 0 amide bonds. The molecule has 128 valence electrons. The molecular weight excluding hydrogens is 330 g/mol. The minimum atomic E-state index is -2.89. The van der Waals surface area contributed by atoms with Gasteiger partial charge in [-0.15, -0.1) is 0 Å². The lowest BCUT2D eigenvalue weighted by Gasteiger charge is -2.28. The first-order valence-electron chi connectivity index (χ1n) is 8.08. The highest BCUT2D eigenvalue weighted by atomic mass is 32.2. The molecule has 1 atom stereocenters. The number of ether oxygens (including phenoxy) is 1. The Bertz CT molecular complexity index is 813. The second kappa shape index (κ2) is 6.18. The molecule has 4 rings (SSSR count). The second-order valence-electron chi connectivity index (χ2n) is 6.21. The van der Waals surface area contributed by atoms with Gasteiger partial charge in [0.25, 0.3) is 5.89 Å². The van der Waals surface area contributed by atoms with Crippen LogP contribution in [0, 0.1) is 0 Å². The molecule has 2 aromatic rings. The lowest BCUT2D eigenvalue weighted by atomic mass is 10.1. The van der Waals surface area contributed by atoms with Gasteiger partial charge in [-0.25, -0.2) is 8.42 Å². The first-order valence-corrected chi connectivity index (χ1v) is 9.90. The maximum atomic E-state index is 11.6. The van der Waals surface area contributed by atoms with Gasteiger partial charge in [-0.05, 0) is 24.6 Å². The molecule has 0 saturated carbocycles. The molecule has 2 aliphatic rings. The van der Waals surface area contributed by atoms with E-state index in [0.29, 0.717) is 31.4 Å². The Kier molecular flexibility index (Phi) is 4.01. The molecular formula is C16H19N3O4S. The van der Waals surface area contributed by atoms with Gasteiger partial charge >= 0.3 is 0 Å². The standard InChI is InChI=1S/C16H19N3O4S/c20-24(21)8-5-19(6-9-24)14-3-1-2-12(10-14)16-17-15(18-23-16)13-4-7-22-11-13/h1-3,10,13H,4-9,11H2/t13-/m1/s1. The Balaban J connectivity index is 1.54. The molecule has 0 aliphatic carbocycles. The van der Waals surface area contributed by atoms with Gasteiger partial charge in [0, 0.05) is 36.9 Å². The Morgan fingerprint density at radius 3 is 2.79 bits per heavy atom. The predicted molar refractivity (Wildman–Crippen MR) is 88.8 cm³/mol. The summed E-state index contributed by atoms with van der Waals surface area (Å²) in [7, 11) is -2.89. The fourth-order valence-corrected chi connectivity index (χ4v) is 4.26. The third-order valence-electron chi connectivity index (χ3n) is 4.54. The van der Waals surface area contributed by atoms with Crippen LogP contribution in [-0.4, -0.2) is 56.4 Å². The van der Waals surface area contributed by atoms with Crippen LogP contribution in [0.4, 0.5) is 5.69 Å². The van der Waals surface area contributed by atoms with Crippen molar-refractivity contribution in [2.45, 2.75) is 12.3 Å². The van der Waals surface area contributed by atoms with E-state index in [9.17, 15) is 8.42 Å². The molecule has 1 aromatic carbocycles. The summed E-state index contributed by atoms with van der Waals surface area (Å²) in [6, 6.07) is 7.80. The van der Waals surface area contributed by atoms with E-state index >= 15 is 0 Å². The summed E-state index contributed by atoms with van der Waals surface area (Å²) in [5, 5.41) is 4.08. The van der Waals surface area contributed by atoms with Gasteiger partial charge in [0.1, 0.15) is 0 Å². The van der Waals surface area contributed by atoms with E-state index in [2.05, 4.69) is 15.0 Å². The summed E-state index contributed by atoms with van der Waals surface area (Å²) in [6.07, 6.45) is 0.918. The Hall–Kier alpha value is -1.93. The second-order valence-corrected chi connectivity index (χ2v) is 8.51. The third-order valence-corrected chi connectivity index (χ3v) is 6.15. The van der Waals surface area contributed by atoms with Crippen LogP contribution in [-0.2, 0) is 14.6 Å². The van der Waals surface area contributed by atoms with E-state index < -0.39 is 9.84 Å². The summed E-state index contributed by atoms with van der Waals surface area (Å²) in [5.41, 5.74) is 1.82. The maximum Gasteiger partial charge on any atom is 0.258 e. The highest BCUT2D eigenvalue weighted by Crippen LogP contribution is 2.28. The van der Waals surface area contributed by atoms with Crippen molar-refractivity contribution < 1.29 is 17.7 Å². The highest BCUT2D eigenvalue weighted by Gasteiger charge is 2.24. The third kappa shape index (κ3) is 3.16. The van der Waals surface area contributed by atoms with Crippen LogP contribution in [0.2, 0.25) is 0 Å². The van der Waals surface area contributed by atoms with Crippen LogP contribution in [0.1, 0.15) is 18.2 Å². The SMILES string of the molecule is O=S1(=O)CCN(c2cccc(-c3nc([C@@H]4CCOC4)no3)c2)CC1. The number of hydrogen-bond donors (Lipinski definition) is 0. The quantitative estimate of drug-likeness (QED) is 0.829. The molecule has 24 heavy (non-hydrogen) atoms. The smallest absolute Gasteiger partial charge is 0.258 e. The topological polar surface area (TPSA) is 85.5 Å². The van der Waals surface area contributed by atoms with E-state index in [0.717, 1.165) is 24.3 Å². The fraction of sp³-hybridized carbons (Fsp3) is 0.500. The lowest BCUT2D eigenvalue weighted by Crippen LogP contribution is -2.40. The summed E-state index contributed by atoms with van der Waals surface area (Å²) in [4.78, 5) is 6.58. The van der Waals surface area contributed by atoms with Gasteiger partial charge in [0.2, 0.25) is 0 Å². The molecule has 2 saturated heterocycles. The van der Waals surface area contributed by atoms with Crippen molar-refractivity contribution in [2.75, 3.05) is 42.7 Å². The maximum absolute atomic E-state index is 11.6. The number of rotatable bonds is 3. The lowest BCUT2D eigenvalue weighted by molar-refractivity contribution is 0.192. The van der Waals surface area contributed by atoms with Crippen molar-refractivity contribution in [3.8, 4) is 11.5 Å². The van der Waals surface area contributed by atoms with Crippen molar-refractivity contribution in [3.05, 3.63) is 30.1 Å². The average Bonchev–Trinajstić information content (AvgIpc) is 3.26. The van der Waals surface area contributed by atoms with E-state index in [1.165, 1.54) is 0 Å². The first-order chi connectivity index (χ1) is 11.6. The molecule has 0 radical (unpaired) electrons. The monoisotopic (exact) mass is 349 g/mol.